The van der Waals surface area contributed by atoms with Crippen LogP contribution in [0.4, 0.5) is 5.69 Å². The molecule has 0 saturated heterocycles. The zero-order valence-corrected chi connectivity index (χ0v) is 19.1. The average molecular weight is 448 g/mol. The highest BCUT2D eigenvalue weighted by Gasteiger charge is 2.30. The normalized spacial score (nSPS) is 15.0. The van der Waals surface area contributed by atoms with E-state index in [0.29, 0.717) is 12.2 Å². The van der Waals surface area contributed by atoms with E-state index in [-0.39, 0.29) is 37.0 Å². The Morgan fingerprint density at radius 1 is 1.12 bits per heavy atom. The molecule has 0 N–H and O–H groups in total. The molecule has 1 atom stereocenters. The fraction of sp³-hybridized carbons (Fsp3) is 0.385. The Balaban J connectivity index is 1.40. The number of aromatic nitrogens is 2. The van der Waals surface area contributed by atoms with E-state index in [9.17, 15) is 14.4 Å². The molecular weight excluding hydrogens is 418 g/mol. The molecule has 4 rings (SSSR count). The van der Waals surface area contributed by atoms with Gasteiger partial charge in [-0.05, 0) is 43.5 Å². The van der Waals surface area contributed by atoms with Crippen LogP contribution in [0.25, 0.3) is 11.0 Å². The van der Waals surface area contributed by atoms with Crippen molar-refractivity contribution < 1.29 is 14.3 Å². The third-order valence-corrected chi connectivity index (χ3v) is 6.05. The third-order valence-electron chi connectivity index (χ3n) is 6.05. The van der Waals surface area contributed by atoms with Gasteiger partial charge in [0.1, 0.15) is 5.69 Å². The zero-order valence-electron chi connectivity index (χ0n) is 19.1. The lowest BCUT2D eigenvalue weighted by Gasteiger charge is -2.22. The molecule has 2 heterocycles. The molecule has 0 saturated carbocycles. The van der Waals surface area contributed by atoms with Gasteiger partial charge in [-0.3, -0.25) is 14.4 Å². The zero-order chi connectivity index (χ0) is 23.4. The molecule has 33 heavy (non-hydrogen) atoms. The van der Waals surface area contributed by atoms with Crippen molar-refractivity contribution in [2.45, 2.75) is 58.5 Å². The summed E-state index contributed by atoms with van der Waals surface area (Å²) in [6.45, 7) is 4.35. The fourth-order valence-corrected chi connectivity index (χ4v) is 4.40. The number of nitrogens with zero attached hydrogens (tertiary/aromatic N) is 3. The smallest absolute Gasteiger partial charge is 0.306 e. The summed E-state index contributed by atoms with van der Waals surface area (Å²) in [5, 5.41) is 0. The van der Waals surface area contributed by atoms with Gasteiger partial charge in [-0.25, -0.2) is 4.98 Å². The summed E-state index contributed by atoms with van der Waals surface area (Å²) in [6, 6.07) is 15.3. The van der Waals surface area contributed by atoms with Crippen molar-refractivity contribution >= 4 is 28.6 Å². The first-order chi connectivity index (χ1) is 16.0. The average Bonchev–Trinajstić information content (AvgIpc) is 3.16. The lowest BCUT2D eigenvalue weighted by atomic mass is 10.1. The lowest BCUT2D eigenvalue weighted by Crippen LogP contribution is -2.38. The van der Waals surface area contributed by atoms with Crippen LogP contribution in [0.15, 0.2) is 53.3 Å². The number of esters is 1. The van der Waals surface area contributed by atoms with Crippen molar-refractivity contribution in [2.75, 3.05) is 11.5 Å². The summed E-state index contributed by atoms with van der Waals surface area (Å²) < 4.78 is 7.00. The number of unbranched alkanes of at least 4 members (excludes halogenated alkanes) is 1. The predicted molar refractivity (Wildman–Crippen MR) is 127 cm³/mol. The Morgan fingerprint density at radius 3 is 2.70 bits per heavy atom. The minimum atomic E-state index is -0.516. The molecule has 0 radical (unpaired) electrons. The number of amides is 1. The van der Waals surface area contributed by atoms with Crippen LogP contribution in [0, 0.1) is 0 Å². The van der Waals surface area contributed by atoms with Gasteiger partial charge >= 0.3 is 5.97 Å². The summed E-state index contributed by atoms with van der Waals surface area (Å²) in [5.74, 6) is -0.760. The molecule has 0 fully saturated rings. The predicted octanol–water partition coefficient (Wildman–Crippen LogP) is 3.65. The molecule has 1 unspecified atom stereocenters. The molecule has 1 aromatic heterocycles. The monoisotopic (exact) mass is 447 g/mol. The minimum absolute atomic E-state index is 0.00617. The van der Waals surface area contributed by atoms with Crippen LogP contribution in [0.5, 0.6) is 0 Å². The fourth-order valence-electron chi connectivity index (χ4n) is 4.40. The van der Waals surface area contributed by atoms with Gasteiger partial charge in [-0.2, -0.15) is 0 Å². The van der Waals surface area contributed by atoms with Crippen LogP contribution in [-0.2, 0) is 33.7 Å². The standard InChI is InChI=1S/C26H29N3O4/c1-3-4-15-28-23-12-8-6-10-20(23)27-21(26(28)32)13-14-25(31)33-17-24(30)29-18(2)16-19-9-5-7-11-22(19)29/h5-12,18H,3-4,13-17H2,1-2H3. The summed E-state index contributed by atoms with van der Waals surface area (Å²) in [4.78, 5) is 44.3. The number of carbonyl (C=O) groups is 2. The summed E-state index contributed by atoms with van der Waals surface area (Å²) in [6.07, 6.45) is 2.81. The molecule has 3 aromatic rings. The van der Waals surface area contributed by atoms with E-state index in [2.05, 4.69) is 11.9 Å². The maximum absolute atomic E-state index is 13.0. The lowest BCUT2D eigenvalue weighted by molar-refractivity contribution is -0.147. The second-order valence-corrected chi connectivity index (χ2v) is 8.46. The van der Waals surface area contributed by atoms with E-state index in [1.807, 2.05) is 55.5 Å². The van der Waals surface area contributed by atoms with Crippen LogP contribution in [0.2, 0.25) is 0 Å². The number of benzene rings is 2. The Morgan fingerprint density at radius 2 is 1.88 bits per heavy atom. The first kappa shape index (κ1) is 22.7. The Kier molecular flexibility index (Phi) is 6.87. The van der Waals surface area contributed by atoms with Crippen molar-refractivity contribution in [2.24, 2.45) is 0 Å². The molecule has 7 nitrogen and oxygen atoms in total. The minimum Gasteiger partial charge on any atom is -0.456 e. The molecule has 7 heteroatoms. The Hall–Kier alpha value is -3.48. The van der Waals surface area contributed by atoms with E-state index >= 15 is 0 Å². The van der Waals surface area contributed by atoms with Gasteiger partial charge in [-0.15, -0.1) is 0 Å². The number of carbonyl (C=O) groups excluding carboxylic acids is 2. The number of rotatable bonds is 8. The van der Waals surface area contributed by atoms with Crippen LogP contribution in [0.3, 0.4) is 0 Å². The molecule has 1 amide bonds. The highest BCUT2D eigenvalue weighted by Crippen LogP contribution is 2.31. The van der Waals surface area contributed by atoms with Crippen molar-refractivity contribution in [1.82, 2.24) is 9.55 Å². The number of aryl methyl sites for hydroxylation is 2. The van der Waals surface area contributed by atoms with E-state index in [1.54, 1.807) is 9.47 Å². The largest absolute Gasteiger partial charge is 0.456 e. The van der Waals surface area contributed by atoms with Crippen LogP contribution < -0.4 is 10.5 Å². The molecule has 1 aliphatic rings. The summed E-state index contributed by atoms with van der Waals surface area (Å²) in [5.41, 5.74) is 3.69. The molecule has 0 spiro atoms. The van der Waals surface area contributed by atoms with Gasteiger partial charge in [0, 0.05) is 24.7 Å². The van der Waals surface area contributed by atoms with Gasteiger partial charge in [0.2, 0.25) is 0 Å². The van der Waals surface area contributed by atoms with E-state index < -0.39 is 5.97 Å². The van der Waals surface area contributed by atoms with Gasteiger partial charge in [0.15, 0.2) is 6.61 Å². The summed E-state index contributed by atoms with van der Waals surface area (Å²) in [7, 11) is 0. The second kappa shape index (κ2) is 9.98. The third kappa shape index (κ3) is 4.82. The van der Waals surface area contributed by atoms with Crippen molar-refractivity contribution in [1.29, 1.82) is 0 Å². The Labute approximate surface area is 193 Å². The highest BCUT2D eigenvalue weighted by molar-refractivity contribution is 5.97. The number of para-hydroxylation sites is 3. The number of hydrogen-bond acceptors (Lipinski definition) is 5. The molecular formula is C26H29N3O4. The van der Waals surface area contributed by atoms with Crippen LogP contribution in [-0.4, -0.2) is 34.1 Å². The van der Waals surface area contributed by atoms with Crippen molar-refractivity contribution in [3.05, 3.63) is 70.1 Å². The van der Waals surface area contributed by atoms with Crippen molar-refractivity contribution in [3.8, 4) is 0 Å². The Bertz CT molecular complexity index is 1230. The number of hydrogen-bond donors (Lipinski definition) is 0. The molecule has 2 aromatic carbocycles. The van der Waals surface area contributed by atoms with E-state index in [0.717, 1.165) is 41.5 Å². The van der Waals surface area contributed by atoms with E-state index in [4.69, 9.17) is 4.74 Å². The van der Waals surface area contributed by atoms with Gasteiger partial charge in [0.25, 0.3) is 11.5 Å². The van der Waals surface area contributed by atoms with Gasteiger partial charge in [0.05, 0.1) is 17.5 Å². The van der Waals surface area contributed by atoms with Gasteiger partial charge in [-0.1, -0.05) is 43.7 Å². The molecule has 0 aliphatic carbocycles. The number of ether oxygens (including phenoxy) is 1. The molecule has 1 aliphatic heterocycles. The van der Waals surface area contributed by atoms with E-state index in [1.165, 1.54) is 0 Å². The quantitative estimate of drug-likeness (QED) is 0.493. The maximum atomic E-state index is 13.0. The SMILES string of the molecule is CCCCn1c(=O)c(CCC(=O)OCC(=O)N2c3ccccc3CC2C)nc2ccccc21. The van der Waals surface area contributed by atoms with Crippen LogP contribution >= 0.6 is 0 Å². The molecule has 172 valence electrons. The molecule has 0 bridgehead atoms. The van der Waals surface area contributed by atoms with Gasteiger partial charge < -0.3 is 14.2 Å². The summed E-state index contributed by atoms with van der Waals surface area (Å²) >= 11 is 0. The number of fused-ring (bicyclic) bond motifs is 2. The second-order valence-electron chi connectivity index (χ2n) is 8.46. The maximum Gasteiger partial charge on any atom is 0.306 e. The first-order valence-corrected chi connectivity index (χ1v) is 11.5. The first-order valence-electron chi connectivity index (χ1n) is 11.5. The van der Waals surface area contributed by atoms with Crippen LogP contribution in [0.1, 0.15) is 44.4 Å². The highest BCUT2D eigenvalue weighted by atomic mass is 16.5. The topological polar surface area (TPSA) is 81.5 Å². The van der Waals surface area contributed by atoms with Crippen molar-refractivity contribution in [3.63, 3.8) is 0 Å². The number of anilines is 1.